The second kappa shape index (κ2) is 8.70. The first-order valence-electron chi connectivity index (χ1n) is 9.00. The monoisotopic (exact) mass is 609 g/mol. The summed E-state index contributed by atoms with van der Waals surface area (Å²) in [5.41, 5.74) is 5.66. The van der Waals surface area contributed by atoms with Crippen LogP contribution in [-0.4, -0.2) is 21.8 Å². The van der Waals surface area contributed by atoms with Gasteiger partial charge < -0.3 is 9.67 Å². The van der Waals surface area contributed by atoms with Crippen LogP contribution in [-0.2, 0) is 11.3 Å². The Morgan fingerprint density at radius 3 is 2.14 bits per heavy atom. The zero-order valence-corrected chi connectivity index (χ0v) is 19.6. The van der Waals surface area contributed by atoms with E-state index < -0.39 is 0 Å². The zero-order chi connectivity index (χ0) is 20.4. The van der Waals surface area contributed by atoms with E-state index in [0.717, 1.165) is 23.7 Å². The number of carbonyl (C=O) groups is 1. The summed E-state index contributed by atoms with van der Waals surface area (Å²) >= 11 is 4.13. The van der Waals surface area contributed by atoms with Crippen molar-refractivity contribution in [1.82, 2.24) is 9.99 Å². The standard InChI is InChI=1S/C22H17I2N3O2/c23-17-11-14(12-18(24)22(17)29)13-25-26-21(28)9-10-27-19-7-3-1-5-15(19)16-6-2-4-8-20(16)27/h1-8,11-13,29H,9-10H2,(H,26,28)/b25-13+. The Bertz CT molecular complexity index is 1170. The molecule has 0 radical (unpaired) electrons. The SMILES string of the molecule is O=C(CCn1c2ccccc2c2ccccc21)N/N=C/c1cc(I)c(O)c(I)c1. The lowest BCUT2D eigenvalue weighted by atomic mass is 10.2. The van der Waals surface area contributed by atoms with Crippen molar-refractivity contribution in [3.8, 4) is 5.75 Å². The van der Waals surface area contributed by atoms with E-state index in [4.69, 9.17) is 0 Å². The van der Waals surface area contributed by atoms with Gasteiger partial charge in [-0.25, -0.2) is 5.43 Å². The van der Waals surface area contributed by atoms with Gasteiger partial charge in [0.25, 0.3) is 0 Å². The maximum absolute atomic E-state index is 12.3. The summed E-state index contributed by atoms with van der Waals surface area (Å²) in [6.07, 6.45) is 1.91. The zero-order valence-electron chi connectivity index (χ0n) is 15.3. The number of carbonyl (C=O) groups excluding carboxylic acids is 1. The number of phenols is 1. The predicted octanol–water partition coefficient (Wildman–Crippen LogP) is 5.25. The Labute approximate surface area is 195 Å². The Kier molecular flexibility index (Phi) is 6.04. The van der Waals surface area contributed by atoms with Crippen molar-refractivity contribution in [3.05, 3.63) is 73.4 Å². The molecule has 7 heteroatoms. The summed E-state index contributed by atoms with van der Waals surface area (Å²) < 4.78 is 3.67. The number of halogens is 2. The van der Waals surface area contributed by atoms with Crippen molar-refractivity contribution in [1.29, 1.82) is 0 Å². The fourth-order valence-electron chi connectivity index (χ4n) is 3.35. The topological polar surface area (TPSA) is 66.6 Å². The van der Waals surface area contributed by atoms with Crippen LogP contribution in [0.4, 0.5) is 0 Å². The van der Waals surface area contributed by atoms with Gasteiger partial charge in [0.05, 0.1) is 13.4 Å². The molecule has 29 heavy (non-hydrogen) atoms. The molecule has 0 fully saturated rings. The number of nitrogens with zero attached hydrogens (tertiary/aromatic N) is 2. The number of hydrogen-bond acceptors (Lipinski definition) is 3. The summed E-state index contributed by atoms with van der Waals surface area (Å²) in [6, 6.07) is 20.1. The molecule has 0 aliphatic rings. The first-order valence-corrected chi connectivity index (χ1v) is 11.2. The molecule has 0 saturated carbocycles. The van der Waals surface area contributed by atoms with Gasteiger partial charge in [-0.15, -0.1) is 0 Å². The highest BCUT2D eigenvalue weighted by Crippen LogP contribution is 2.29. The largest absolute Gasteiger partial charge is 0.506 e. The molecule has 3 aromatic carbocycles. The van der Waals surface area contributed by atoms with Crippen molar-refractivity contribution in [2.45, 2.75) is 13.0 Å². The van der Waals surface area contributed by atoms with Gasteiger partial charge in [-0.3, -0.25) is 4.79 Å². The number of rotatable bonds is 5. The number of nitrogens with one attached hydrogen (secondary N) is 1. The average Bonchev–Trinajstić information content (AvgIpc) is 3.04. The number of hydrazone groups is 1. The van der Waals surface area contributed by atoms with Gasteiger partial charge in [-0.05, 0) is 75.0 Å². The third-order valence-corrected chi connectivity index (χ3v) is 6.33. The first-order chi connectivity index (χ1) is 14.0. The van der Waals surface area contributed by atoms with Crippen LogP contribution < -0.4 is 5.43 Å². The van der Waals surface area contributed by atoms with Crippen LogP contribution in [0.5, 0.6) is 5.75 Å². The molecule has 0 saturated heterocycles. The van der Waals surface area contributed by atoms with Crippen LogP contribution in [0.25, 0.3) is 21.8 Å². The second-order valence-electron chi connectivity index (χ2n) is 6.56. The molecule has 5 nitrogen and oxygen atoms in total. The Morgan fingerprint density at radius 1 is 1.00 bits per heavy atom. The summed E-state index contributed by atoms with van der Waals surface area (Å²) in [5.74, 6) is 0.116. The highest BCUT2D eigenvalue weighted by Gasteiger charge is 2.11. The molecule has 0 bridgehead atoms. The molecule has 4 aromatic rings. The van der Waals surface area contributed by atoms with E-state index in [-0.39, 0.29) is 11.7 Å². The molecule has 0 atom stereocenters. The van der Waals surface area contributed by atoms with Gasteiger partial charge in [0.15, 0.2) is 0 Å². The van der Waals surface area contributed by atoms with Gasteiger partial charge in [0.1, 0.15) is 5.75 Å². The van der Waals surface area contributed by atoms with E-state index in [0.29, 0.717) is 13.0 Å². The second-order valence-corrected chi connectivity index (χ2v) is 8.89. The van der Waals surface area contributed by atoms with Gasteiger partial charge in [0, 0.05) is 34.8 Å². The first kappa shape index (κ1) is 20.1. The van der Waals surface area contributed by atoms with Crippen LogP contribution in [0.3, 0.4) is 0 Å². The minimum atomic E-state index is -0.147. The molecule has 0 aliphatic heterocycles. The third-order valence-electron chi connectivity index (χ3n) is 4.68. The lowest BCUT2D eigenvalue weighted by molar-refractivity contribution is -0.121. The minimum absolute atomic E-state index is 0.147. The Hall–Kier alpha value is -2.14. The van der Waals surface area contributed by atoms with Crippen molar-refractivity contribution in [3.63, 3.8) is 0 Å². The lowest BCUT2D eigenvalue weighted by Gasteiger charge is -2.07. The van der Waals surface area contributed by atoms with Crippen LogP contribution in [0.1, 0.15) is 12.0 Å². The smallest absolute Gasteiger partial charge is 0.241 e. The maximum Gasteiger partial charge on any atom is 0.241 e. The van der Waals surface area contributed by atoms with Crippen molar-refractivity contribution < 1.29 is 9.90 Å². The number of benzene rings is 3. The molecule has 146 valence electrons. The van der Waals surface area contributed by atoms with Crippen LogP contribution in [0.2, 0.25) is 0 Å². The Balaban J connectivity index is 1.46. The molecule has 0 aliphatic carbocycles. The normalized spacial score (nSPS) is 11.5. The third kappa shape index (κ3) is 4.25. The predicted molar refractivity (Wildman–Crippen MR) is 133 cm³/mol. The number of aromatic hydroxyl groups is 1. The molecule has 1 aromatic heterocycles. The quantitative estimate of drug-likeness (QED) is 0.185. The summed E-state index contributed by atoms with van der Waals surface area (Å²) in [6.45, 7) is 0.574. The van der Waals surface area contributed by atoms with E-state index in [2.05, 4.69) is 84.5 Å². The van der Waals surface area contributed by atoms with Crippen LogP contribution >= 0.6 is 45.2 Å². The van der Waals surface area contributed by atoms with E-state index in [9.17, 15) is 9.90 Å². The number of phenolic OH excluding ortho intramolecular Hbond substituents is 1. The highest BCUT2D eigenvalue weighted by atomic mass is 127. The highest BCUT2D eigenvalue weighted by molar-refractivity contribution is 14.1. The van der Waals surface area contributed by atoms with Crippen LogP contribution in [0.15, 0.2) is 65.8 Å². The molecule has 1 heterocycles. The number of aromatic nitrogens is 1. The summed E-state index contributed by atoms with van der Waals surface area (Å²) in [7, 11) is 0. The van der Waals surface area contributed by atoms with E-state index in [1.807, 2.05) is 36.4 Å². The van der Waals surface area contributed by atoms with E-state index >= 15 is 0 Å². The maximum atomic E-state index is 12.3. The van der Waals surface area contributed by atoms with E-state index in [1.54, 1.807) is 6.21 Å². The fraction of sp³-hybridized carbons (Fsp3) is 0.0909. The molecule has 1 amide bonds. The van der Waals surface area contributed by atoms with Gasteiger partial charge >= 0.3 is 0 Å². The van der Waals surface area contributed by atoms with E-state index in [1.165, 1.54) is 10.8 Å². The van der Waals surface area contributed by atoms with Crippen molar-refractivity contribution in [2.75, 3.05) is 0 Å². The molecule has 4 rings (SSSR count). The average molecular weight is 609 g/mol. The van der Waals surface area contributed by atoms with Gasteiger partial charge in [-0.1, -0.05) is 36.4 Å². The van der Waals surface area contributed by atoms with Crippen molar-refractivity contribution >= 4 is 79.1 Å². The number of aryl methyl sites for hydroxylation is 1. The molecule has 2 N–H and O–H groups in total. The summed E-state index contributed by atoms with van der Waals surface area (Å²) in [5, 5.41) is 16.3. The molecule has 0 spiro atoms. The number of amides is 1. The number of hydrogen-bond donors (Lipinski definition) is 2. The number of para-hydroxylation sites is 2. The van der Waals surface area contributed by atoms with Crippen molar-refractivity contribution in [2.24, 2.45) is 5.10 Å². The molecular formula is C22H17I2N3O2. The summed E-state index contributed by atoms with van der Waals surface area (Å²) in [4.78, 5) is 12.3. The Morgan fingerprint density at radius 2 is 1.55 bits per heavy atom. The number of fused-ring (bicyclic) bond motifs is 3. The van der Waals surface area contributed by atoms with Gasteiger partial charge in [0.2, 0.25) is 5.91 Å². The van der Waals surface area contributed by atoms with Crippen LogP contribution in [0, 0.1) is 7.14 Å². The lowest BCUT2D eigenvalue weighted by Crippen LogP contribution is -2.19. The minimum Gasteiger partial charge on any atom is -0.506 e. The fourth-order valence-corrected chi connectivity index (χ4v) is 5.17. The molecular weight excluding hydrogens is 592 g/mol. The molecule has 0 unspecified atom stereocenters. The van der Waals surface area contributed by atoms with Gasteiger partial charge in [-0.2, -0.15) is 5.10 Å².